The third-order valence-electron chi connectivity index (χ3n) is 3.47. The van der Waals surface area contributed by atoms with Gasteiger partial charge in [-0.15, -0.1) is 12.4 Å². The predicted octanol–water partition coefficient (Wildman–Crippen LogP) is 2.51. The van der Waals surface area contributed by atoms with Gasteiger partial charge in [0, 0.05) is 42.3 Å². The van der Waals surface area contributed by atoms with Gasteiger partial charge < -0.3 is 11.1 Å². The summed E-state index contributed by atoms with van der Waals surface area (Å²) in [5, 5.41) is 3.49. The van der Waals surface area contributed by atoms with Gasteiger partial charge in [0.15, 0.2) is 0 Å². The molecule has 6 heteroatoms. The van der Waals surface area contributed by atoms with Crippen molar-refractivity contribution in [1.82, 2.24) is 4.90 Å². The molecule has 1 saturated heterocycles. The minimum absolute atomic E-state index is 0. The van der Waals surface area contributed by atoms with E-state index in [0.717, 1.165) is 25.2 Å². The molecule has 2 rings (SSSR count). The summed E-state index contributed by atoms with van der Waals surface area (Å²) in [4.78, 5) is 14.2. The zero-order valence-electron chi connectivity index (χ0n) is 11.5. The Morgan fingerprint density at radius 1 is 1.60 bits per heavy atom. The van der Waals surface area contributed by atoms with Crippen molar-refractivity contribution in [3.63, 3.8) is 0 Å². The number of anilines is 1. The van der Waals surface area contributed by atoms with E-state index in [1.165, 1.54) is 0 Å². The SMILES string of the molecule is CC(CC(=O)Nc1cccc(Cl)c1)N1CC[C@@H](N)C1.Cl. The van der Waals surface area contributed by atoms with Gasteiger partial charge >= 0.3 is 0 Å². The lowest BCUT2D eigenvalue weighted by molar-refractivity contribution is -0.117. The molecule has 1 fully saturated rings. The van der Waals surface area contributed by atoms with Crippen molar-refractivity contribution >= 4 is 35.6 Å². The maximum absolute atomic E-state index is 12.0. The Bertz CT molecular complexity index is 456. The van der Waals surface area contributed by atoms with Crippen molar-refractivity contribution in [3.8, 4) is 0 Å². The minimum atomic E-state index is 0. The van der Waals surface area contributed by atoms with Crippen LogP contribution in [0.15, 0.2) is 24.3 Å². The highest BCUT2D eigenvalue weighted by molar-refractivity contribution is 6.30. The van der Waals surface area contributed by atoms with Crippen molar-refractivity contribution in [1.29, 1.82) is 0 Å². The zero-order chi connectivity index (χ0) is 13.8. The third kappa shape index (κ3) is 4.94. The molecule has 0 aromatic heterocycles. The molecule has 0 saturated carbocycles. The Hall–Kier alpha value is -0.810. The molecule has 112 valence electrons. The molecule has 1 aliphatic rings. The highest BCUT2D eigenvalue weighted by Gasteiger charge is 2.24. The Kier molecular flexibility index (Phi) is 6.76. The van der Waals surface area contributed by atoms with Crippen LogP contribution in [0.2, 0.25) is 5.02 Å². The molecule has 1 aliphatic heterocycles. The Morgan fingerprint density at radius 2 is 2.35 bits per heavy atom. The van der Waals surface area contributed by atoms with Crippen LogP contribution in [0.4, 0.5) is 5.69 Å². The first-order valence-corrected chi connectivity index (χ1v) is 6.97. The molecule has 1 aromatic rings. The van der Waals surface area contributed by atoms with Gasteiger partial charge in [0.2, 0.25) is 5.91 Å². The van der Waals surface area contributed by atoms with Crippen molar-refractivity contribution in [2.24, 2.45) is 5.73 Å². The van der Waals surface area contributed by atoms with E-state index in [0.29, 0.717) is 11.4 Å². The highest BCUT2D eigenvalue weighted by atomic mass is 35.5. The minimum Gasteiger partial charge on any atom is -0.326 e. The van der Waals surface area contributed by atoms with E-state index >= 15 is 0 Å². The number of hydrogen-bond donors (Lipinski definition) is 2. The maximum atomic E-state index is 12.0. The van der Waals surface area contributed by atoms with Crippen LogP contribution in [0, 0.1) is 0 Å². The van der Waals surface area contributed by atoms with Gasteiger partial charge in [-0.3, -0.25) is 9.69 Å². The van der Waals surface area contributed by atoms with Gasteiger partial charge in [-0.1, -0.05) is 17.7 Å². The average molecular weight is 318 g/mol. The number of benzene rings is 1. The number of rotatable bonds is 4. The summed E-state index contributed by atoms with van der Waals surface area (Å²) in [6.07, 6.45) is 1.49. The highest BCUT2D eigenvalue weighted by Crippen LogP contribution is 2.17. The van der Waals surface area contributed by atoms with E-state index in [-0.39, 0.29) is 30.4 Å². The zero-order valence-corrected chi connectivity index (χ0v) is 13.1. The lowest BCUT2D eigenvalue weighted by atomic mass is 10.2. The standard InChI is InChI=1S/C14H20ClN3O.ClH/c1-10(18-6-5-12(16)9-18)7-14(19)17-13-4-2-3-11(15)8-13;/h2-4,8,10,12H,5-7,9,16H2,1H3,(H,17,19);1H/t10?,12-;/m1./s1. The molecule has 0 aliphatic carbocycles. The van der Waals surface area contributed by atoms with Crippen LogP contribution in [0.3, 0.4) is 0 Å². The molecule has 2 atom stereocenters. The van der Waals surface area contributed by atoms with E-state index in [1.807, 2.05) is 12.1 Å². The van der Waals surface area contributed by atoms with Crippen LogP contribution < -0.4 is 11.1 Å². The summed E-state index contributed by atoms with van der Waals surface area (Å²) >= 11 is 5.88. The predicted molar refractivity (Wildman–Crippen MR) is 85.6 cm³/mol. The van der Waals surface area contributed by atoms with E-state index in [2.05, 4.69) is 17.1 Å². The first-order chi connectivity index (χ1) is 9.04. The van der Waals surface area contributed by atoms with E-state index in [4.69, 9.17) is 17.3 Å². The summed E-state index contributed by atoms with van der Waals surface area (Å²) in [7, 11) is 0. The third-order valence-corrected chi connectivity index (χ3v) is 3.70. The number of carbonyl (C=O) groups is 1. The van der Waals surface area contributed by atoms with E-state index in [9.17, 15) is 4.79 Å². The normalized spacial score (nSPS) is 20.2. The summed E-state index contributed by atoms with van der Waals surface area (Å²) in [5.41, 5.74) is 6.62. The van der Waals surface area contributed by atoms with Crippen molar-refractivity contribution in [2.45, 2.75) is 31.8 Å². The fourth-order valence-corrected chi connectivity index (χ4v) is 2.58. The summed E-state index contributed by atoms with van der Waals surface area (Å²) in [6.45, 7) is 3.92. The van der Waals surface area contributed by atoms with Gasteiger partial charge in [0.1, 0.15) is 0 Å². The average Bonchev–Trinajstić information content (AvgIpc) is 2.75. The fraction of sp³-hybridized carbons (Fsp3) is 0.500. The van der Waals surface area contributed by atoms with E-state index in [1.54, 1.807) is 12.1 Å². The topological polar surface area (TPSA) is 58.4 Å². The van der Waals surface area contributed by atoms with Crippen LogP contribution in [0.1, 0.15) is 19.8 Å². The van der Waals surface area contributed by atoms with Crippen molar-refractivity contribution < 1.29 is 4.79 Å². The van der Waals surface area contributed by atoms with Crippen LogP contribution in [0.25, 0.3) is 0 Å². The number of hydrogen-bond acceptors (Lipinski definition) is 3. The van der Waals surface area contributed by atoms with E-state index < -0.39 is 0 Å². The van der Waals surface area contributed by atoms with Gasteiger partial charge in [0.25, 0.3) is 0 Å². The largest absolute Gasteiger partial charge is 0.326 e. The van der Waals surface area contributed by atoms with Gasteiger partial charge in [-0.05, 0) is 31.5 Å². The first-order valence-electron chi connectivity index (χ1n) is 6.59. The Balaban J connectivity index is 0.00000200. The molecule has 1 heterocycles. The number of nitrogens with one attached hydrogen (secondary N) is 1. The quantitative estimate of drug-likeness (QED) is 0.897. The number of nitrogens with zero attached hydrogens (tertiary/aromatic N) is 1. The Labute approximate surface area is 131 Å². The number of nitrogens with two attached hydrogens (primary N) is 1. The lowest BCUT2D eigenvalue weighted by Crippen LogP contribution is -2.36. The fourth-order valence-electron chi connectivity index (χ4n) is 2.39. The smallest absolute Gasteiger partial charge is 0.225 e. The van der Waals surface area contributed by atoms with Gasteiger partial charge in [0.05, 0.1) is 0 Å². The number of likely N-dealkylation sites (tertiary alicyclic amines) is 1. The Morgan fingerprint density at radius 3 is 2.95 bits per heavy atom. The second kappa shape index (κ2) is 7.84. The molecule has 0 radical (unpaired) electrons. The monoisotopic (exact) mass is 317 g/mol. The van der Waals surface area contributed by atoms with Crippen LogP contribution in [0.5, 0.6) is 0 Å². The van der Waals surface area contributed by atoms with Crippen molar-refractivity contribution in [2.75, 3.05) is 18.4 Å². The molecule has 3 N–H and O–H groups in total. The molecule has 1 unspecified atom stereocenters. The van der Waals surface area contributed by atoms with Crippen molar-refractivity contribution in [3.05, 3.63) is 29.3 Å². The molecular weight excluding hydrogens is 297 g/mol. The lowest BCUT2D eigenvalue weighted by Gasteiger charge is -2.23. The second-order valence-corrected chi connectivity index (χ2v) is 5.59. The molecule has 4 nitrogen and oxygen atoms in total. The molecule has 0 spiro atoms. The maximum Gasteiger partial charge on any atom is 0.225 e. The molecule has 1 aromatic carbocycles. The summed E-state index contributed by atoms with van der Waals surface area (Å²) in [6, 6.07) is 7.65. The molecule has 0 bridgehead atoms. The number of carbonyl (C=O) groups excluding carboxylic acids is 1. The molecule has 20 heavy (non-hydrogen) atoms. The summed E-state index contributed by atoms with van der Waals surface area (Å²) in [5.74, 6) is 0.00948. The van der Waals surface area contributed by atoms with Gasteiger partial charge in [-0.2, -0.15) is 0 Å². The van der Waals surface area contributed by atoms with Crippen LogP contribution in [-0.4, -0.2) is 36.0 Å². The van der Waals surface area contributed by atoms with Gasteiger partial charge in [-0.25, -0.2) is 0 Å². The second-order valence-electron chi connectivity index (χ2n) is 5.16. The molecular formula is C14H21Cl2N3O. The molecule has 1 amide bonds. The number of halogens is 2. The first kappa shape index (κ1) is 17.2. The van der Waals surface area contributed by atoms with Crippen LogP contribution in [-0.2, 0) is 4.79 Å². The summed E-state index contributed by atoms with van der Waals surface area (Å²) < 4.78 is 0. The number of amides is 1. The van der Waals surface area contributed by atoms with Crippen LogP contribution >= 0.6 is 24.0 Å².